The van der Waals surface area contributed by atoms with Crippen LogP contribution in [0.2, 0.25) is 0 Å². The van der Waals surface area contributed by atoms with Gasteiger partial charge in [-0.05, 0) is 75.7 Å². The zero-order valence-electron chi connectivity index (χ0n) is 29.2. The number of carbonyl (C=O) groups excluding carboxylic acids is 2. The van der Waals surface area contributed by atoms with Gasteiger partial charge in [-0.15, -0.1) is 0 Å². The molecule has 4 aromatic rings. The van der Waals surface area contributed by atoms with Crippen molar-refractivity contribution in [3.63, 3.8) is 0 Å². The number of halogens is 1. The fourth-order valence-electron chi connectivity index (χ4n) is 5.33. The molecule has 2 amide bonds. The van der Waals surface area contributed by atoms with Crippen LogP contribution in [0.5, 0.6) is 17.2 Å². The number of anilines is 1. The van der Waals surface area contributed by atoms with E-state index in [2.05, 4.69) is 5.32 Å². The third-order valence-electron chi connectivity index (χ3n) is 7.73. The van der Waals surface area contributed by atoms with Crippen LogP contribution in [0.1, 0.15) is 38.8 Å². The molecule has 1 N–H and O–H groups in total. The van der Waals surface area contributed by atoms with E-state index >= 15 is 4.39 Å². The average molecular weight is 706 g/mol. The molecule has 266 valence electrons. The highest BCUT2D eigenvalue weighted by atomic mass is 32.2. The predicted molar refractivity (Wildman–Crippen MR) is 190 cm³/mol. The average Bonchev–Trinajstić information content (AvgIpc) is 3.09. The Hall–Kier alpha value is -5.10. The van der Waals surface area contributed by atoms with Crippen LogP contribution in [0.15, 0.2) is 102 Å². The zero-order valence-corrected chi connectivity index (χ0v) is 30.0. The van der Waals surface area contributed by atoms with E-state index in [0.29, 0.717) is 18.1 Å². The Morgan fingerprint density at radius 1 is 0.860 bits per heavy atom. The molecule has 0 fully saturated rings. The number of carbonyl (C=O) groups is 2. The van der Waals surface area contributed by atoms with Crippen LogP contribution < -0.4 is 23.8 Å². The summed E-state index contributed by atoms with van der Waals surface area (Å²) in [4.78, 5) is 29.8. The largest absolute Gasteiger partial charge is 0.494 e. The number of hydrogen-bond donors (Lipinski definition) is 1. The summed E-state index contributed by atoms with van der Waals surface area (Å²) in [6.07, 6.45) is 0.0917. The summed E-state index contributed by atoms with van der Waals surface area (Å²) >= 11 is 0. The van der Waals surface area contributed by atoms with Crippen LogP contribution in [0.3, 0.4) is 0 Å². The lowest BCUT2D eigenvalue weighted by Crippen LogP contribution is -2.56. The number of nitrogens with one attached hydrogen (secondary N) is 1. The van der Waals surface area contributed by atoms with E-state index < -0.39 is 45.8 Å². The first kappa shape index (κ1) is 37.7. The number of benzene rings is 4. The zero-order chi connectivity index (χ0) is 36.5. The summed E-state index contributed by atoms with van der Waals surface area (Å²) in [5.41, 5.74) is 0.428. The maximum absolute atomic E-state index is 15.2. The monoisotopic (exact) mass is 705 g/mol. The third kappa shape index (κ3) is 9.53. The second kappa shape index (κ2) is 16.5. The minimum absolute atomic E-state index is 0.0917. The van der Waals surface area contributed by atoms with Crippen molar-refractivity contribution in [2.45, 2.75) is 57.1 Å². The fraction of sp³-hybridized carbons (Fsp3) is 0.316. The van der Waals surface area contributed by atoms with E-state index in [-0.39, 0.29) is 34.9 Å². The summed E-state index contributed by atoms with van der Waals surface area (Å²) < 4.78 is 61.3. The van der Waals surface area contributed by atoms with E-state index in [1.54, 1.807) is 18.2 Å². The van der Waals surface area contributed by atoms with Gasteiger partial charge in [0.15, 0.2) is 11.5 Å². The number of methoxy groups -OCH3 is 2. The van der Waals surface area contributed by atoms with Crippen LogP contribution in [0, 0.1) is 5.82 Å². The van der Waals surface area contributed by atoms with E-state index in [4.69, 9.17) is 14.2 Å². The molecule has 0 saturated heterocycles. The van der Waals surface area contributed by atoms with Crippen molar-refractivity contribution < 1.29 is 36.6 Å². The minimum atomic E-state index is -4.45. The summed E-state index contributed by atoms with van der Waals surface area (Å²) in [7, 11) is -1.62. The molecule has 1 unspecified atom stereocenters. The van der Waals surface area contributed by atoms with Gasteiger partial charge in [0.25, 0.3) is 10.0 Å². The first-order chi connectivity index (χ1) is 23.8. The molecule has 0 radical (unpaired) electrons. The smallest absolute Gasteiger partial charge is 0.264 e. The molecule has 4 rings (SSSR count). The number of amides is 2. The number of rotatable bonds is 15. The SMILES string of the molecule is CCOc1ccc(N(CC(=O)N(Cc2ccccc2F)C(Cc2ccccc2)C(=O)NC(C)(C)C)S(=O)(=O)c2ccc(OC)c(OC)c2)cc1. The Balaban J connectivity index is 1.86. The highest BCUT2D eigenvalue weighted by molar-refractivity contribution is 7.92. The van der Waals surface area contributed by atoms with E-state index in [1.165, 1.54) is 67.7 Å². The van der Waals surface area contributed by atoms with E-state index in [9.17, 15) is 18.0 Å². The summed E-state index contributed by atoms with van der Waals surface area (Å²) in [6.45, 7) is 6.66. The van der Waals surface area contributed by atoms with Crippen LogP contribution in [-0.4, -0.2) is 64.1 Å². The molecule has 12 heteroatoms. The summed E-state index contributed by atoms with van der Waals surface area (Å²) in [5, 5.41) is 2.96. The summed E-state index contributed by atoms with van der Waals surface area (Å²) in [6, 6.07) is 24.4. The van der Waals surface area contributed by atoms with Gasteiger partial charge in [-0.1, -0.05) is 48.5 Å². The van der Waals surface area contributed by atoms with Gasteiger partial charge in [0.05, 0.1) is 31.4 Å². The molecule has 10 nitrogen and oxygen atoms in total. The number of nitrogens with zero attached hydrogens (tertiary/aromatic N) is 2. The second-order valence-electron chi connectivity index (χ2n) is 12.5. The molecule has 1 atom stereocenters. The highest BCUT2D eigenvalue weighted by Crippen LogP contribution is 2.33. The quantitative estimate of drug-likeness (QED) is 0.162. The van der Waals surface area contributed by atoms with Crippen molar-refractivity contribution in [1.82, 2.24) is 10.2 Å². The van der Waals surface area contributed by atoms with Crippen LogP contribution in [0.25, 0.3) is 0 Å². The number of sulfonamides is 1. The van der Waals surface area contributed by atoms with Gasteiger partial charge in [0.1, 0.15) is 24.2 Å². The molecule has 50 heavy (non-hydrogen) atoms. The predicted octanol–water partition coefficient (Wildman–Crippen LogP) is 5.99. The molecule has 0 aliphatic carbocycles. The lowest BCUT2D eigenvalue weighted by Gasteiger charge is -2.35. The van der Waals surface area contributed by atoms with Crippen LogP contribution in [-0.2, 0) is 32.6 Å². The summed E-state index contributed by atoms with van der Waals surface area (Å²) in [5.74, 6) is -0.762. The fourth-order valence-corrected chi connectivity index (χ4v) is 6.76. The standard InChI is InChI=1S/C38H44FN3O7S/c1-7-49-30-19-17-29(18-20-30)42(50(45,46)31-21-22-34(47-5)35(24-31)48-6)26-36(43)41(25-28-15-11-12-16-32(28)39)33(37(44)40-38(2,3)4)23-27-13-9-8-10-14-27/h8-22,24,33H,7,23,25-26H2,1-6H3,(H,40,44). The van der Waals surface area contributed by atoms with Gasteiger partial charge >= 0.3 is 0 Å². The van der Waals surface area contributed by atoms with Crippen LogP contribution >= 0.6 is 0 Å². The van der Waals surface area contributed by atoms with Gasteiger partial charge in [-0.2, -0.15) is 0 Å². The topological polar surface area (TPSA) is 114 Å². The Morgan fingerprint density at radius 2 is 1.50 bits per heavy atom. The normalized spacial score (nSPS) is 12.1. The van der Waals surface area contributed by atoms with Crippen molar-refractivity contribution in [3.05, 3.63) is 114 Å². The molecule has 4 aromatic carbocycles. The van der Waals surface area contributed by atoms with Crippen molar-refractivity contribution in [2.75, 3.05) is 31.7 Å². The first-order valence-corrected chi connectivity index (χ1v) is 17.6. The van der Waals surface area contributed by atoms with Crippen molar-refractivity contribution in [1.29, 1.82) is 0 Å². The minimum Gasteiger partial charge on any atom is -0.494 e. The lowest BCUT2D eigenvalue weighted by atomic mass is 10.0. The van der Waals surface area contributed by atoms with Crippen molar-refractivity contribution >= 4 is 27.5 Å². The lowest BCUT2D eigenvalue weighted by molar-refractivity contribution is -0.140. The molecule has 0 spiro atoms. The van der Waals surface area contributed by atoms with E-state index in [0.717, 1.165) is 9.87 Å². The van der Waals surface area contributed by atoms with Crippen LogP contribution in [0.4, 0.5) is 10.1 Å². The second-order valence-corrected chi connectivity index (χ2v) is 14.4. The maximum Gasteiger partial charge on any atom is 0.264 e. The molecule has 0 saturated carbocycles. The van der Waals surface area contributed by atoms with Gasteiger partial charge in [-0.3, -0.25) is 13.9 Å². The molecule has 0 bridgehead atoms. The molecular weight excluding hydrogens is 661 g/mol. The Kier molecular flexibility index (Phi) is 12.5. The molecule has 0 aromatic heterocycles. The molecule has 0 aliphatic heterocycles. The first-order valence-electron chi connectivity index (χ1n) is 16.1. The van der Waals surface area contributed by atoms with Gasteiger partial charge < -0.3 is 24.4 Å². The van der Waals surface area contributed by atoms with Gasteiger partial charge in [-0.25, -0.2) is 12.8 Å². The van der Waals surface area contributed by atoms with Gasteiger partial charge in [0.2, 0.25) is 11.8 Å². The molecule has 0 heterocycles. The molecular formula is C38H44FN3O7S. The van der Waals surface area contributed by atoms with Crippen molar-refractivity contribution in [2.24, 2.45) is 0 Å². The Morgan fingerprint density at radius 3 is 2.10 bits per heavy atom. The highest BCUT2D eigenvalue weighted by Gasteiger charge is 2.36. The van der Waals surface area contributed by atoms with E-state index in [1.807, 2.05) is 58.0 Å². The third-order valence-corrected chi connectivity index (χ3v) is 9.50. The van der Waals surface area contributed by atoms with Gasteiger partial charge in [0, 0.05) is 30.1 Å². The van der Waals surface area contributed by atoms with Crippen molar-refractivity contribution in [3.8, 4) is 17.2 Å². The maximum atomic E-state index is 15.2. The Labute approximate surface area is 293 Å². The Bertz CT molecular complexity index is 1860. The number of hydrogen-bond acceptors (Lipinski definition) is 7. The molecule has 0 aliphatic rings. The number of ether oxygens (including phenoxy) is 3.